The Labute approximate surface area is 100 Å². The van der Waals surface area contributed by atoms with Crippen LogP contribution in [0.5, 0.6) is 0 Å². The Hall–Kier alpha value is -1.01. The second-order valence-electron chi connectivity index (χ2n) is 4.58. The van der Waals surface area contributed by atoms with Crippen LogP contribution >= 0.6 is 0 Å². The van der Waals surface area contributed by atoms with Crippen molar-refractivity contribution in [2.45, 2.75) is 37.1 Å². The van der Waals surface area contributed by atoms with E-state index in [4.69, 9.17) is 0 Å². The molecule has 1 aromatic rings. The van der Waals surface area contributed by atoms with E-state index in [9.17, 15) is 12.8 Å². The van der Waals surface area contributed by atoms with Gasteiger partial charge in [0.25, 0.3) is 0 Å². The molecule has 0 saturated heterocycles. The van der Waals surface area contributed by atoms with Crippen molar-refractivity contribution in [3.05, 3.63) is 24.3 Å². The minimum absolute atomic E-state index is 0.0433. The Kier molecular flexibility index (Phi) is 3.44. The van der Waals surface area contributed by atoms with Crippen LogP contribution in [0.15, 0.2) is 23.4 Å². The van der Waals surface area contributed by atoms with Crippen molar-refractivity contribution in [2.75, 3.05) is 0 Å². The van der Waals surface area contributed by atoms with Gasteiger partial charge in [-0.25, -0.2) is 17.5 Å². The number of nitrogens with zero attached hydrogens (tertiary/aromatic N) is 1. The highest BCUT2D eigenvalue weighted by Crippen LogP contribution is 2.25. The largest absolute Gasteiger partial charge is 0.260 e. The third-order valence-corrected chi connectivity index (χ3v) is 4.49. The molecular formula is C11H15FN2O2S. The highest BCUT2D eigenvalue weighted by Gasteiger charge is 2.26. The summed E-state index contributed by atoms with van der Waals surface area (Å²) in [4.78, 5) is 3.43. The molecule has 0 amide bonds. The molecule has 1 N–H and O–H groups in total. The van der Waals surface area contributed by atoms with E-state index in [0.29, 0.717) is 5.92 Å². The first kappa shape index (κ1) is 12.4. The lowest BCUT2D eigenvalue weighted by Gasteiger charge is -2.12. The van der Waals surface area contributed by atoms with Crippen LogP contribution in [-0.4, -0.2) is 19.4 Å². The average molecular weight is 258 g/mol. The summed E-state index contributed by atoms with van der Waals surface area (Å²) in [6.07, 6.45) is 4.83. The van der Waals surface area contributed by atoms with Gasteiger partial charge in [-0.3, -0.25) is 4.98 Å². The zero-order chi connectivity index (χ0) is 12.5. The molecule has 1 aromatic heterocycles. The average Bonchev–Trinajstić information content (AvgIpc) is 2.63. The van der Waals surface area contributed by atoms with Gasteiger partial charge in [0.05, 0.1) is 6.20 Å². The summed E-state index contributed by atoms with van der Waals surface area (Å²) >= 11 is 0. The molecule has 17 heavy (non-hydrogen) atoms. The molecule has 0 radical (unpaired) electrons. The fourth-order valence-electron chi connectivity index (χ4n) is 2.14. The van der Waals surface area contributed by atoms with Crippen LogP contribution in [0, 0.1) is 11.7 Å². The van der Waals surface area contributed by atoms with Gasteiger partial charge >= 0.3 is 0 Å². The van der Waals surface area contributed by atoms with E-state index in [1.165, 1.54) is 0 Å². The Morgan fingerprint density at radius 2 is 2.18 bits per heavy atom. The number of sulfonamides is 1. The summed E-state index contributed by atoms with van der Waals surface area (Å²) in [5.74, 6) is -0.110. The fourth-order valence-corrected chi connectivity index (χ4v) is 3.40. The number of pyridine rings is 1. The van der Waals surface area contributed by atoms with Gasteiger partial charge in [-0.05, 0) is 31.2 Å². The molecule has 1 heterocycles. The van der Waals surface area contributed by atoms with Crippen LogP contribution in [-0.2, 0) is 10.0 Å². The lowest BCUT2D eigenvalue weighted by molar-refractivity contribution is 0.536. The van der Waals surface area contributed by atoms with Gasteiger partial charge in [0.1, 0.15) is 10.7 Å². The van der Waals surface area contributed by atoms with E-state index in [1.54, 1.807) is 0 Å². The summed E-state index contributed by atoms with van der Waals surface area (Å²) in [7, 11) is -3.64. The fraction of sp³-hybridized carbons (Fsp3) is 0.545. The summed E-state index contributed by atoms with van der Waals surface area (Å²) in [5.41, 5.74) is 0. The summed E-state index contributed by atoms with van der Waals surface area (Å²) in [6.45, 7) is 2.10. The normalized spacial score (nSPS) is 25.1. The number of rotatable bonds is 3. The molecule has 2 atom stereocenters. The van der Waals surface area contributed by atoms with E-state index in [2.05, 4.69) is 16.6 Å². The summed E-state index contributed by atoms with van der Waals surface area (Å²) in [6, 6.07) is 0.937. The number of hydrogen-bond donors (Lipinski definition) is 1. The van der Waals surface area contributed by atoms with Crippen molar-refractivity contribution in [2.24, 2.45) is 5.92 Å². The molecular weight excluding hydrogens is 243 g/mol. The van der Waals surface area contributed by atoms with E-state index in [-0.39, 0.29) is 10.9 Å². The Bertz CT molecular complexity index is 504. The van der Waals surface area contributed by atoms with Crippen molar-refractivity contribution in [1.29, 1.82) is 0 Å². The molecule has 0 spiro atoms. The monoisotopic (exact) mass is 258 g/mol. The van der Waals surface area contributed by atoms with Crippen molar-refractivity contribution in [1.82, 2.24) is 9.71 Å². The van der Waals surface area contributed by atoms with Gasteiger partial charge in [0, 0.05) is 12.2 Å². The Morgan fingerprint density at radius 3 is 2.76 bits per heavy atom. The first-order valence-corrected chi connectivity index (χ1v) is 7.08. The first-order chi connectivity index (χ1) is 7.97. The molecule has 0 bridgehead atoms. The van der Waals surface area contributed by atoms with Crippen LogP contribution in [0.2, 0.25) is 0 Å². The molecule has 6 heteroatoms. The third kappa shape index (κ3) is 3.01. The quantitative estimate of drug-likeness (QED) is 0.897. The lowest BCUT2D eigenvalue weighted by atomic mass is 10.1. The smallest absolute Gasteiger partial charge is 0.242 e. The highest BCUT2D eigenvalue weighted by molar-refractivity contribution is 7.89. The predicted octanol–water partition coefficient (Wildman–Crippen LogP) is 1.69. The molecule has 4 nitrogen and oxygen atoms in total. The van der Waals surface area contributed by atoms with Gasteiger partial charge in [0.15, 0.2) is 0 Å². The topological polar surface area (TPSA) is 59.1 Å². The Morgan fingerprint density at radius 1 is 1.41 bits per heavy atom. The number of hydrogen-bond acceptors (Lipinski definition) is 3. The predicted molar refractivity (Wildman–Crippen MR) is 61.3 cm³/mol. The maximum absolute atomic E-state index is 12.9. The second kappa shape index (κ2) is 4.70. The second-order valence-corrected chi connectivity index (χ2v) is 6.29. The van der Waals surface area contributed by atoms with Gasteiger partial charge in [-0.2, -0.15) is 0 Å². The Balaban J connectivity index is 2.14. The highest BCUT2D eigenvalue weighted by atomic mass is 32.2. The molecule has 1 saturated carbocycles. The maximum Gasteiger partial charge on any atom is 0.242 e. The van der Waals surface area contributed by atoms with Crippen LogP contribution in [0.4, 0.5) is 4.39 Å². The first-order valence-electron chi connectivity index (χ1n) is 5.60. The molecule has 1 fully saturated rings. The molecule has 2 unspecified atom stereocenters. The van der Waals surface area contributed by atoms with Crippen molar-refractivity contribution in [3.8, 4) is 0 Å². The van der Waals surface area contributed by atoms with Crippen LogP contribution in [0.3, 0.4) is 0 Å². The minimum atomic E-state index is -3.64. The van der Waals surface area contributed by atoms with E-state index in [1.807, 2.05) is 0 Å². The lowest BCUT2D eigenvalue weighted by Crippen LogP contribution is -2.33. The van der Waals surface area contributed by atoms with Crippen LogP contribution in [0.25, 0.3) is 0 Å². The molecule has 94 valence electrons. The zero-order valence-electron chi connectivity index (χ0n) is 9.56. The van der Waals surface area contributed by atoms with Gasteiger partial charge in [0.2, 0.25) is 10.0 Å². The van der Waals surface area contributed by atoms with E-state index in [0.717, 1.165) is 37.7 Å². The minimum Gasteiger partial charge on any atom is -0.260 e. The number of halogens is 1. The van der Waals surface area contributed by atoms with E-state index >= 15 is 0 Å². The van der Waals surface area contributed by atoms with Gasteiger partial charge in [-0.1, -0.05) is 6.92 Å². The van der Waals surface area contributed by atoms with Crippen LogP contribution in [0.1, 0.15) is 26.2 Å². The summed E-state index contributed by atoms with van der Waals surface area (Å²) in [5, 5.41) is 0. The number of aromatic nitrogens is 1. The van der Waals surface area contributed by atoms with Gasteiger partial charge in [-0.15, -0.1) is 0 Å². The van der Waals surface area contributed by atoms with E-state index < -0.39 is 15.8 Å². The zero-order valence-corrected chi connectivity index (χ0v) is 10.4. The van der Waals surface area contributed by atoms with Crippen molar-refractivity contribution < 1.29 is 12.8 Å². The molecule has 1 aliphatic rings. The maximum atomic E-state index is 12.9. The molecule has 1 aliphatic carbocycles. The SMILES string of the molecule is CC1CCC(NS(=O)(=O)c2cncc(F)c2)C1. The molecule has 0 aliphatic heterocycles. The summed E-state index contributed by atoms with van der Waals surface area (Å²) < 4.78 is 39.4. The van der Waals surface area contributed by atoms with Crippen molar-refractivity contribution >= 4 is 10.0 Å². The molecule has 2 rings (SSSR count). The molecule has 0 aromatic carbocycles. The van der Waals surface area contributed by atoms with Crippen LogP contribution < -0.4 is 4.72 Å². The van der Waals surface area contributed by atoms with Gasteiger partial charge < -0.3 is 0 Å². The standard InChI is InChI=1S/C11H15FN2O2S/c1-8-2-3-10(4-8)14-17(15,16)11-5-9(12)6-13-7-11/h5-8,10,14H,2-4H2,1H3. The third-order valence-electron chi connectivity index (χ3n) is 3.01. The van der Waals surface area contributed by atoms with Crippen molar-refractivity contribution in [3.63, 3.8) is 0 Å². The number of nitrogens with one attached hydrogen (secondary N) is 1.